The fourth-order valence-electron chi connectivity index (χ4n) is 2.82. The number of hydrogen-bond acceptors (Lipinski definition) is 2. The van der Waals surface area contributed by atoms with Crippen molar-refractivity contribution in [1.29, 1.82) is 0 Å². The number of aliphatic carboxylic acids is 1. The van der Waals surface area contributed by atoms with Crippen LogP contribution in [0.15, 0.2) is 24.3 Å². The molecule has 0 fully saturated rings. The highest BCUT2D eigenvalue weighted by Gasteiger charge is 2.35. The van der Waals surface area contributed by atoms with E-state index in [-0.39, 0.29) is 5.92 Å². The van der Waals surface area contributed by atoms with Crippen LogP contribution in [0.5, 0.6) is 0 Å². The van der Waals surface area contributed by atoms with Crippen molar-refractivity contribution >= 4 is 17.6 Å². The largest absolute Gasteiger partial charge is 0.481 e. The Bertz CT molecular complexity index is 551. The summed E-state index contributed by atoms with van der Waals surface area (Å²) in [6.45, 7) is 3.77. The number of benzene rings is 1. The Kier molecular flexibility index (Phi) is 4.51. The predicted molar refractivity (Wildman–Crippen MR) is 78.9 cm³/mol. The smallest absolute Gasteiger partial charge is 0.307 e. The van der Waals surface area contributed by atoms with Gasteiger partial charge in [0.1, 0.15) is 0 Å². The molecule has 0 radical (unpaired) electrons. The summed E-state index contributed by atoms with van der Waals surface area (Å²) >= 11 is 6.07. The zero-order valence-corrected chi connectivity index (χ0v) is 12.4. The molecule has 1 aromatic rings. The van der Waals surface area contributed by atoms with E-state index in [9.17, 15) is 15.0 Å². The molecule has 3 nitrogen and oxygen atoms in total. The second-order valence-electron chi connectivity index (χ2n) is 5.45. The Hall–Kier alpha value is -1.32. The van der Waals surface area contributed by atoms with Crippen LogP contribution < -0.4 is 0 Å². The average Bonchev–Trinajstić information content (AvgIpc) is 2.42. The van der Waals surface area contributed by atoms with E-state index in [0.717, 1.165) is 16.7 Å². The maximum absolute atomic E-state index is 11.3. The van der Waals surface area contributed by atoms with Crippen LogP contribution in [0.3, 0.4) is 0 Å². The molecule has 0 bridgehead atoms. The third-order valence-corrected chi connectivity index (χ3v) is 4.48. The van der Waals surface area contributed by atoms with Crippen LogP contribution in [0, 0.1) is 25.7 Å². The zero-order valence-electron chi connectivity index (χ0n) is 11.6. The van der Waals surface area contributed by atoms with Crippen molar-refractivity contribution in [3.8, 4) is 0 Å². The van der Waals surface area contributed by atoms with Crippen molar-refractivity contribution in [2.24, 2.45) is 11.8 Å². The Morgan fingerprint density at radius 2 is 1.90 bits per heavy atom. The Labute approximate surface area is 123 Å². The van der Waals surface area contributed by atoms with Crippen molar-refractivity contribution in [2.75, 3.05) is 0 Å². The number of aliphatic hydroxyl groups excluding tert-OH is 1. The Balaban J connectivity index is 2.35. The van der Waals surface area contributed by atoms with Crippen LogP contribution in [0.1, 0.15) is 35.6 Å². The quantitative estimate of drug-likeness (QED) is 0.837. The molecule has 108 valence electrons. The summed E-state index contributed by atoms with van der Waals surface area (Å²) in [6, 6.07) is 3.68. The highest BCUT2D eigenvalue weighted by molar-refractivity contribution is 6.31. The van der Waals surface area contributed by atoms with Gasteiger partial charge in [0.2, 0.25) is 0 Å². The van der Waals surface area contributed by atoms with E-state index in [4.69, 9.17) is 11.6 Å². The first kappa shape index (κ1) is 15.1. The molecule has 1 aliphatic carbocycles. The van der Waals surface area contributed by atoms with Crippen LogP contribution in [0.4, 0.5) is 0 Å². The second kappa shape index (κ2) is 5.98. The molecule has 2 rings (SSSR count). The number of rotatable bonds is 3. The topological polar surface area (TPSA) is 57.5 Å². The zero-order chi connectivity index (χ0) is 14.9. The maximum atomic E-state index is 11.3. The van der Waals surface area contributed by atoms with E-state index in [1.54, 1.807) is 0 Å². The van der Waals surface area contributed by atoms with Gasteiger partial charge in [0.25, 0.3) is 0 Å². The van der Waals surface area contributed by atoms with Crippen molar-refractivity contribution in [3.05, 3.63) is 46.0 Å². The van der Waals surface area contributed by atoms with Crippen molar-refractivity contribution in [3.63, 3.8) is 0 Å². The van der Waals surface area contributed by atoms with Crippen LogP contribution in [0.2, 0.25) is 5.02 Å². The molecule has 4 heteroatoms. The fourth-order valence-corrected chi connectivity index (χ4v) is 3.04. The van der Waals surface area contributed by atoms with Gasteiger partial charge in [-0.05, 0) is 49.4 Å². The van der Waals surface area contributed by atoms with E-state index in [0.29, 0.717) is 17.9 Å². The van der Waals surface area contributed by atoms with Crippen molar-refractivity contribution in [2.45, 2.75) is 32.8 Å². The minimum Gasteiger partial charge on any atom is -0.481 e. The molecule has 1 aromatic carbocycles. The second-order valence-corrected chi connectivity index (χ2v) is 5.86. The predicted octanol–water partition coefficient (Wildman–Crippen LogP) is 3.66. The summed E-state index contributed by atoms with van der Waals surface area (Å²) in [5.74, 6) is -1.68. The van der Waals surface area contributed by atoms with Gasteiger partial charge < -0.3 is 10.2 Å². The Morgan fingerprint density at radius 1 is 1.25 bits per heavy atom. The lowest BCUT2D eigenvalue weighted by Crippen LogP contribution is -2.30. The summed E-state index contributed by atoms with van der Waals surface area (Å²) < 4.78 is 0. The first-order chi connectivity index (χ1) is 9.41. The normalized spacial score (nSPS) is 23.6. The first-order valence-electron chi connectivity index (χ1n) is 6.74. The number of carbonyl (C=O) groups is 1. The molecule has 0 saturated heterocycles. The van der Waals surface area contributed by atoms with Crippen LogP contribution in [-0.4, -0.2) is 16.2 Å². The summed E-state index contributed by atoms with van der Waals surface area (Å²) in [5.41, 5.74) is 2.56. The van der Waals surface area contributed by atoms with Gasteiger partial charge in [-0.3, -0.25) is 4.79 Å². The van der Waals surface area contributed by atoms with E-state index in [1.165, 1.54) is 0 Å². The van der Waals surface area contributed by atoms with Gasteiger partial charge in [0.05, 0.1) is 12.0 Å². The highest BCUT2D eigenvalue weighted by atomic mass is 35.5. The molecular weight excluding hydrogens is 276 g/mol. The molecule has 3 atom stereocenters. The third kappa shape index (κ3) is 2.89. The molecule has 0 spiro atoms. The number of hydrogen-bond donors (Lipinski definition) is 2. The maximum Gasteiger partial charge on any atom is 0.307 e. The van der Waals surface area contributed by atoms with Gasteiger partial charge in [-0.25, -0.2) is 0 Å². The van der Waals surface area contributed by atoms with E-state index < -0.39 is 18.0 Å². The number of allylic oxidation sites excluding steroid dienone is 2. The van der Waals surface area contributed by atoms with Gasteiger partial charge in [0.15, 0.2) is 0 Å². The van der Waals surface area contributed by atoms with Crippen LogP contribution in [-0.2, 0) is 4.79 Å². The van der Waals surface area contributed by atoms with Crippen molar-refractivity contribution < 1.29 is 15.0 Å². The molecule has 1 aliphatic rings. The highest BCUT2D eigenvalue weighted by Crippen LogP contribution is 2.38. The molecule has 0 saturated carbocycles. The van der Waals surface area contributed by atoms with Gasteiger partial charge in [-0.15, -0.1) is 0 Å². The first-order valence-corrected chi connectivity index (χ1v) is 7.12. The van der Waals surface area contributed by atoms with E-state index >= 15 is 0 Å². The van der Waals surface area contributed by atoms with Crippen LogP contribution >= 0.6 is 11.6 Å². The lowest BCUT2D eigenvalue weighted by molar-refractivity contribution is -0.145. The minimum atomic E-state index is -0.846. The lowest BCUT2D eigenvalue weighted by Gasteiger charge is -2.30. The lowest BCUT2D eigenvalue weighted by atomic mass is 9.76. The van der Waals surface area contributed by atoms with E-state index in [1.807, 2.05) is 38.1 Å². The summed E-state index contributed by atoms with van der Waals surface area (Å²) in [7, 11) is 0. The van der Waals surface area contributed by atoms with Crippen molar-refractivity contribution in [1.82, 2.24) is 0 Å². The number of aryl methyl sites for hydroxylation is 2. The van der Waals surface area contributed by atoms with Crippen LogP contribution in [0.25, 0.3) is 0 Å². The number of halogens is 1. The van der Waals surface area contributed by atoms with Gasteiger partial charge >= 0.3 is 5.97 Å². The van der Waals surface area contributed by atoms with Gasteiger partial charge in [0, 0.05) is 10.9 Å². The molecule has 0 heterocycles. The molecular formula is C16H19ClO3. The van der Waals surface area contributed by atoms with E-state index in [2.05, 4.69) is 0 Å². The number of carboxylic acids is 1. The number of carboxylic acid groups (broad SMARTS) is 1. The third-order valence-electron chi connectivity index (χ3n) is 4.07. The average molecular weight is 295 g/mol. The molecule has 0 aliphatic heterocycles. The molecule has 3 unspecified atom stereocenters. The summed E-state index contributed by atoms with van der Waals surface area (Å²) in [4.78, 5) is 11.3. The standard InChI is InChI=1S/C16H19ClO3/c1-9-8-14(17)10(2)7-13(9)15(18)11-5-3-4-6-12(11)16(19)20/h3-4,7-8,11-12,15,18H,5-6H2,1-2H3,(H,19,20). The summed E-state index contributed by atoms with van der Waals surface area (Å²) in [5, 5.41) is 20.6. The molecule has 0 amide bonds. The van der Waals surface area contributed by atoms with Gasteiger partial charge in [-0.1, -0.05) is 29.8 Å². The summed E-state index contributed by atoms with van der Waals surface area (Å²) in [6.07, 6.45) is 4.10. The van der Waals surface area contributed by atoms with Gasteiger partial charge in [-0.2, -0.15) is 0 Å². The number of aliphatic hydroxyl groups is 1. The SMILES string of the molecule is Cc1cc(C(O)C2CC=CCC2C(=O)O)c(C)cc1Cl. The molecule has 20 heavy (non-hydrogen) atoms. The monoisotopic (exact) mass is 294 g/mol. The molecule has 0 aromatic heterocycles. The molecule has 2 N–H and O–H groups in total. The minimum absolute atomic E-state index is 0.295. The Morgan fingerprint density at radius 3 is 2.55 bits per heavy atom. The fraction of sp³-hybridized carbons (Fsp3) is 0.438.